The molecule has 0 fully saturated rings. The zero-order valence-electron chi connectivity index (χ0n) is 12.9. The minimum Gasteiger partial charge on any atom is -0.494 e. The Hall–Kier alpha value is -1.31. The number of aliphatic carboxylic acids is 1. The van der Waals surface area contributed by atoms with Crippen molar-refractivity contribution in [3.63, 3.8) is 0 Å². The Balaban J connectivity index is 0.000000449. The molecule has 11 heteroatoms. The van der Waals surface area contributed by atoms with Crippen LogP contribution in [0.2, 0.25) is 10.0 Å². The molecule has 2 atom stereocenters. The van der Waals surface area contributed by atoms with Gasteiger partial charge in [-0.1, -0.05) is 23.2 Å². The molecule has 1 aromatic carbocycles. The molecule has 0 amide bonds. The average molecular weight is 402 g/mol. The molecular formula is C13H18Cl2NO7P. The van der Waals surface area contributed by atoms with Gasteiger partial charge in [0.15, 0.2) is 13.1 Å². The molecule has 0 saturated carbocycles. The van der Waals surface area contributed by atoms with E-state index in [4.69, 9.17) is 48.8 Å². The minimum atomic E-state index is -3.10. The van der Waals surface area contributed by atoms with Gasteiger partial charge in [-0.25, -0.2) is 4.79 Å². The van der Waals surface area contributed by atoms with Crippen LogP contribution in [0, 0.1) is 0 Å². The van der Waals surface area contributed by atoms with E-state index in [1.165, 1.54) is 25.9 Å². The molecule has 0 radical (unpaired) electrons. The van der Waals surface area contributed by atoms with Crippen LogP contribution < -0.4 is 10.5 Å². The lowest BCUT2D eigenvalue weighted by Gasteiger charge is -2.07. The van der Waals surface area contributed by atoms with Crippen LogP contribution in [0.5, 0.6) is 5.75 Å². The molecule has 0 spiro atoms. The van der Waals surface area contributed by atoms with Gasteiger partial charge in [-0.05, 0) is 18.6 Å². The van der Waals surface area contributed by atoms with Gasteiger partial charge in [-0.3, -0.25) is 9.36 Å². The van der Waals surface area contributed by atoms with Crippen LogP contribution in [0.25, 0.3) is 0 Å². The van der Waals surface area contributed by atoms with E-state index in [-0.39, 0.29) is 33.9 Å². The number of hydrogen-bond donors (Lipinski definition) is 4. The van der Waals surface area contributed by atoms with Crippen molar-refractivity contribution in [3.05, 3.63) is 27.7 Å². The third-order valence-electron chi connectivity index (χ3n) is 2.65. The molecule has 0 saturated heterocycles. The SMILES string of the molecule is COc1c(Cl)ccc(Cl)c1C(=O)O.CP(=O)(O)CCC(N)C(=O)O. The molecule has 2 unspecified atom stereocenters. The van der Waals surface area contributed by atoms with Crippen molar-refractivity contribution in [3.8, 4) is 5.75 Å². The second-order valence-corrected chi connectivity index (χ2v) is 8.11. The number of carboxylic acid groups (broad SMARTS) is 2. The highest BCUT2D eigenvalue weighted by Gasteiger charge is 2.18. The van der Waals surface area contributed by atoms with E-state index in [9.17, 15) is 14.2 Å². The van der Waals surface area contributed by atoms with Crippen molar-refractivity contribution in [1.82, 2.24) is 0 Å². The van der Waals surface area contributed by atoms with Crippen LogP contribution in [0.3, 0.4) is 0 Å². The number of carbonyl (C=O) groups is 2. The maximum absolute atomic E-state index is 10.7. The van der Waals surface area contributed by atoms with Crippen molar-refractivity contribution in [2.45, 2.75) is 12.5 Å². The number of methoxy groups -OCH3 is 1. The van der Waals surface area contributed by atoms with Crippen LogP contribution in [-0.4, -0.2) is 53.0 Å². The Morgan fingerprint density at radius 2 is 1.79 bits per heavy atom. The lowest BCUT2D eigenvalue weighted by molar-refractivity contribution is -0.138. The molecule has 0 aliphatic carbocycles. The monoisotopic (exact) mass is 401 g/mol. The molecule has 1 rings (SSSR count). The Morgan fingerprint density at radius 3 is 2.12 bits per heavy atom. The van der Waals surface area contributed by atoms with E-state index in [1.54, 1.807) is 0 Å². The van der Waals surface area contributed by atoms with E-state index < -0.39 is 25.3 Å². The molecule has 0 aliphatic rings. The van der Waals surface area contributed by atoms with Crippen LogP contribution in [0.4, 0.5) is 0 Å². The summed E-state index contributed by atoms with van der Waals surface area (Å²) in [5.74, 6) is -2.22. The van der Waals surface area contributed by atoms with Crippen LogP contribution in [-0.2, 0) is 9.36 Å². The maximum Gasteiger partial charge on any atom is 0.341 e. The highest BCUT2D eigenvalue weighted by molar-refractivity contribution is 7.57. The van der Waals surface area contributed by atoms with E-state index in [0.717, 1.165) is 0 Å². The fourth-order valence-electron chi connectivity index (χ4n) is 1.43. The number of ether oxygens (including phenoxy) is 1. The number of benzene rings is 1. The Kier molecular flexibility index (Phi) is 9.32. The van der Waals surface area contributed by atoms with E-state index in [0.29, 0.717) is 0 Å². The summed E-state index contributed by atoms with van der Waals surface area (Å²) < 4.78 is 15.5. The summed E-state index contributed by atoms with van der Waals surface area (Å²) in [6, 6.07) is 1.86. The van der Waals surface area contributed by atoms with Crippen LogP contribution >= 0.6 is 30.6 Å². The quantitative estimate of drug-likeness (QED) is 0.531. The first-order chi connectivity index (χ1) is 10.9. The van der Waals surface area contributed by atoms with Gasteiger partial charge in [-0.15, -0.1) is 0 Å². The van der Waals surface area contributed by atoms with Gasteiger partial charge in [0.2, 0.25) is 0 Å². The lowest BCUT2D eigenvalue weighted by Crippen LogP contribution is -2.30. The Morgan fingerprint density at radius 1 is 1.29 bits per heavy atom. The predicted octanol–water partition coefficient (Wildman–Crippen LogP) is 2.39. The third-order valence-corrected chi connectivity index (χ3v) is 4.35. The first-order valence-corrected chi connectivity index (χ1v) is 9.48. The topological polar surface area (TPSA) is 147 Å². The molecule has 136 valence electrons. The first-order valence-electron chi connectivity index (χ1n) is 6.43. The zero-order chi connectivity index (χ0) is 19.1. The molecule has 24 heavy (non-hydrogen) atoms. The molecule has 0 aliphatic heterocycles. The number of carboxylic acids is 2. The van der Waals surface area contributed by atoms with Gasteiger partial charge in [0.1, 0.15) is 11.6 Å². The van der Waals surface area contributed by atoms with Crippen molar-refractivity contribution in [2.75, 3.05) is 19.9 Å². The van der Waals surface area contributed by atoms with Gasteiger partial charge in [0, 0.05) is 12.8 Å². The highest BCUT2D eigenvalue weighted by atomic mass is 35.5. The standard InChI is InChI=1S/C8H6Cl2O3.C5H12NO4P/c1-13-7-5(10)3-2-4(9)6(7)8(11)12;1-11(9,10)3-2-4(6)5(7)8/h2-3H,1H3,(H,11,12);4H,2-3,6H2,1H3,(H,7,8)(H,9,10). The third kappa shape index (κ3) is 7.99. The summed E-state index contributed by atoms with van der Waals surface area (Å²) in [5, 5.41) is 17.4. The number of aromatic carboxylic acids is 1. The summed E-state index contributed by atoms with van der Waals surface area (Å²) in [7, 11) is -1.77. The Bertz CT molecular complexity index is 647. The summed E-state index contributed by atoms with van der Waals surface area (Å²) in [5.41, 5.74) is 4.98. The van der Waals surface area contributed by atoms with Gasteiger partial charge in [0.05, 0.1) is 17.2 Å². The second-order valence-electron chi connectivity index (χ2n) is 4.75. The van der Waals surface area contributed by atoms with E-state index in [1.807, 2.05) is 0 Å². The molecular weight excluding hydrogens is 384 g/mol. The first kappa shape index (κ1) is 22.7. The smallest absolute Gasteiger partial charge is 0.341 e. The number of rotatable bonds is 6. The van der Waals surface area contributed by atoms with E-state index in [2.05, 4.69) is 0 Å². The average Bonchev–Trinajstić information content (AvgIpc) is 2.46. The summed E-state index contributed by atoms with van der Waals surface area (Å²) >= 11 is 11.4. The number of nitrogens with two attached hydrogens (primary N) is 1. The number of halogens is 2. The van der Waals surface area contributed by atoms with Crippen molar-refractivity contribution >= 4 is 42.5 Å². The summed E-state index contributed by atoms with van der Waals surface area (Å²) in [4.78, 5) is 29.6. The van der Waals surface area contributed by atoms with Gasteiger partial charge >= 0.3 is 11.9 Å². The van der Waals surface area contributed by atoms with Crippen molar-refractivity contribution < 1.29 is 34.0 Å². The van der Waals surface area contributed by atoms with Crippen molar-refractivity contribution in [1.29, 1.82) is 0 Å². The van der Waals surface area contributed by atoms with Gasteiger partial charge in [0.25, 0.3) is 0 Å². The summed E-state index contributed by atoms with van der Waals surface area (Å²) in [6.07, 6.45) is 0.0000772. The van der Waals surface area contributed by atoms with E-state index >= 15 is 0 Å². The van der Waals surface area contributed by atoms with Crippen LogP contribution in [0.15, 0.2) is 12.1 Å². The lowest BCUT2D eigenvalue weighted by atomic mass is 10.2. The normalized spacial score (nSPS) is 13.9. The number of hydrogen-bond acceptors (Lipinski definition) is 5. The molecule has 8 nitrogen and oxygen atoms in total. The Labute approximate surface area is 148 Å². The maximum atomic E-state index is 10.7. The molecule has 1 aromatic rings. The summed E-state index contributed by atoms with van der Waals surface area (Å²) in [6.45, 7) is 1.18. The second kappa shape index (κ2) is 9.86. The van der Waals surface area contributed by atoms with Crippen molar-refractivity contribution in [2.24, 2.45) is 5.73 Å². The fourth-order valence-corrected chi connectivity index (χ4v) is 2.66. The molecule has 0 bridgehead atoms. The largest absolute Gasteiger partial charge is 0.494 e. The van der Waals surface area contributed by atoms with Gasteiger partial charge in [-0.2, -0.15) is 0 Å². The molecule has 0 heterocycles. The fraction of sp³-hybridized carbons (Fsp3) is 0.385. The minimum absolute atomic E-state index is 0.0412. The zero-order valence-corrected chi connectivity index (χ0v) is 15.3. The molecule has 5 N–H and O–H groups in total. The predicted molar refractivity (Wildman–Crippen MR) is 90.8 cm³/mol. The highest BCUT2D eigenvalue weighted by Crippen LogP contribution is 2.35. The molecule has 0 aromatic heterocycles. The van der Waals surface area contributed by atoms with Crippen LogP contribution in [0.1, 0.15) is 16.8 Å². The van der Waals surface area contributed by atoms with Gasteiger partial charge < -0.3 is 25.6 Å².